The minimum absolute atomic E-state index is 0. The van der Waals surface area contributed by atoms with Crippen LogP contribution in [0.3, 0.4) is 0 Å². The van der Waals surface area contributed by atoms with Crippen molar-refractivity contribution in [3.8, 4) is 0 Å². The van der Waals surface area contributed by atoms with Crippen molar-refractivity contribution in [2.24, 2.45) is 10.9 Å². The number of aromatic nitrogens is 1. The summed E-state index contributed by atoms with van der Waals surface area (Å²) in [5.74, 6) is 2.04. The zero-order valence-corrected chi connectivity index (χ0v) is 17.7. The van der Waals surface area contributed by atoms with E-state index < -0.39 is 0 Å². The van der Waals surface area contributed by atoms with Gasteiger partial charge in [-0.3, -0.25) is 9.89 Å². The summed E-state index contributed by atoms with van der Waals surface area (Å²) in [6, 6.07) is 1.94. The molecule has 7 heteroatoms. The summed E-state index contributed by atoms with van der Waals surface area (Å²) in [7, 11) is 1.89. The molecule has 6 nitrogen and oxygen atoms in total. The van der Waals surface area contributed by atoms with Crippen molar-refractivity contribution in [1.29, 1.82) is 0 Å². The molecule has 1 saturated carbocycles. The molecule has 1 aromatic heterocycles. The smallest absolute Gasteiger partial charge is 0.193 e. The van der Waals surface area contributed by atoms with Crippen molar-refractivity contribution in [2.75, 3.05) is 39.8 Å². The van der Waals surface area contributed by atoms with E-state index in [9.17, 15) is 0 Å². The molecule has 0 radical (unpaired) electrons. The van der Waals surface area contributed by atoms with Gasteiger partial charge in [-0.1, -0.05) is 30.8 Å². The highest BCUT2D eigenvalue weighted by molar-refractivity contribution is 14.0. The van der Waals surface area contributed by atoms with Gasteiger partial charge in [0.15, 0.2) is 5.96 Å². The van der Waals surface area contributed by atoms with Crippen molar-refractivity contribution in [3.63, 3.8) is 0 Å². The molecule has 0 spiro atoms. The molecule has 1 aliphatic carbocycles. The third-order valence-electron chi connectivity index (χ3n) is 5.31. The fourth-order valence-corrected chi connectivity index (χ4v) is 3.89. The maximum Gasteiger partial charge on any atom is 0.193 e. The second kappa shape index (κ2) is 11.0. The van der Waals surface area contributed by atoms with Crippen LogP contribution >= 0.6 is 24.0 Å². The SMILES string of the molecule is CN=C(NCCCC1CCCC1)N1CCN(Cc2ccon2)CC1.I. The van der Waals surface area contributed by atoms with Crippen LogP contribution in [-0.4, -0.2) is 60.7 Å². The number of hydrogen-bond acceptors (Lipinski definition) is 4. The lowest BCUT2D eigenvalue weighted by Crippen LogP contribution is -2.52. The molecule has 2 aliphatic rings. The Morgan fingerprint density at radius 2 is 2.04 bits per heavy atom. The summed E-state index contributed by atoms with van der Waals surface area (Å²) in [5.41, 5.74) is 1.01. The maximum atomic E-state index is 4.91. The number of hydrogen-bond donors (Lipinski definition) is 1. The van der Waals surface area contributed by atoms with E-state index in [0.29, 0.717) is 0 Å². The molecule has 2 heterocycles. The molecule has 0 aromatic carbocycles. The average molecular weight is 461 g/mol. The van der Waals surface area contributed by atoms with Crippen LogP contribution in [-0.2, 0) is 6.54 Å². The number of halogens is 1. The minimum Gasteiger partial charge on any atom is -0.364 e. The van der Waals surface area contributed by atoms with Crippen molar-refractivity contribution in [3.05, 3.63) is 18.0 Å². The summed E-state index contributed by atoms with van der Waals surface area (Å²) in [6.07, 6.45) is 10.1. The van der Waals surface area contributed by atoms with Crippen molar-refractivity contribution >= 4 is 29.9 Å². The molecule has 142 valence electrons. The van der Waals surface area contributed by atoms with Gasteiger partial charge in [-0.05, 0) is 18.8 Å². The summed E-state index contributed by atoms with van der Waals surface area (Å²) in [6.45, 7) is 6.02. The lowest BCUT2D eigenvalue weighted by molar-refractivity contribution is 0.169. The number of guanidine groups is 1. The molecule has 1 saturated heterocycles. The van der Waals surface area contributed by atoms with Gasteiger partial charge in [0.25, 0.3) is 0 Å². The highest BCUT2D eigenvalue weighted by Crippen LogP contribution is 2.28. The van der Waals surface area contributed by atoms with Gasteiger partial charge < -0.3 is 14.7 Å². The van der Waals surface area contributed by atoms with E-state index in [1.165, 1.54) is 38.5 Å². The number of aliphatic imine (C=N–C) groups is 1. The molecule has 0 unspecified atom stereocenters. The summed E-state index contributed by atoms with van der Waals surface area (Å²) in [5, 5.41) is 7.55. The van der Waals surface area contributed by atoms with E-state index in [1.807, 2.05) is 13.1 Å². The van der Waals surface area contributed by atoms with Gasteiger partial charge >= 0.3 is 0 Å². The summed E-state index contributed by atoms with van der Waals surface area (Å²) < 4.78 is 4.91. The average Bonchev–Trinajstić information content (AvgIpc) is 3.30. The first-order valence-corrected chi connectivity index (χ1v) is 9.42. The third-order valence-corrected chi connectivity index (χ3v) is 5.31. The molecule has 1 aromatic rings. The second-order valence-electron chi connectivity index (χ2n) is 7.02. The third kappa shape index (κ3) is 6.44. The predicted molar refractivity (Wildman–Crippen MR) is 111 cm³/mol. The Labute approximate surface area is 168 Å². The van der Waals surface area contributed by atoms with Crippen LogP contribution in [0.5, 0.6) is 0 Å². The molecule has 0 bridgehead atoms. The standard InChI is InChI=1S/C18H31N5O.HI/c1-19-18(20-9-4-7-16-5-2-3-6-16)23-12-10-22(11-13-23)15-17-8-14-24-21-17;/h8,14,16H,2-7,9-13,15H2,1H3,(H,19,20);1H. The Balaban J connectivity index is 0.00000225. The first kappa shape index (κ1) is 20.5. The van der Waals surface area contributed by atoms with Crippen molar-refractivity contribution in [2.45, 2.75) is 45.1 Å². The Hall–Kier alpha value is -0.830. The lowest BCUT2D eigenvalue weighted by atomic mass is 10.0. The van der Waals surface area contributed by atoms with E-state index >= 15 is 0 Å². The molecular formula is C18H32IN5O. The quantitative estimate of drug-likeness (QED) is 0.306. The van der Waals surface area contributed by atoms with E-state index in [4.69, 9.17) is 4.52 Å². The molecule has 25 heavy (non-hydrogen) atoms. The van der Waals surface area contributed by atoms with E-state index in [2.05, 4.69) is 25.3 Å². The van der Waals surface area contributed by atoms with Gasteiger partial charge in [-0.25, -0.2) is 0 Å². The first-order valence-electron chi connectivity index (χ1n) is 9.42. The fraction of sp³-hybridized carbons (Fsp3) is 0.778. The van der Waals surface area contributed by atoms with Crippen LogP contribution in [0.4, 0.5) is 0 Å². The van der Waals surface area contributed by atoms with Gasteiger partial charge in [0.1, 0.15) is 6.26 Å². The number of rotatable bonds is 6. The Morgan fingerprint density at radius 1 is 1.28 bits per heavy atom. The molecular weight excluding hydrogens is 429 g/mol. The molecule has 0 atom stereocenters. The minimum atomic E-state index is 0. The van der Waals surface area contributed by atoms with Crippen molar-refractivity contribution < 1.29 is 4.52 Å². The van der Waals surface area contributed by atoms with Crippen molar-refractivity contribution in [1.82, 2.24) is 20.3 Å². The molecule has 1 N–H and O–H groups in total. The van der Waals surface area contributed by atoms with Gasteiger partial charge in [0.2, 0.25) is 0 Å². The number of piperazine rings is 1. The van der Waals surface area contributed by atoms with E-state index in [0.717, 1.165) is 56.8 Å². The highest BCUT2D eigenvalue weighted by Gasteiger charge is 2.20. The molecule has 2 fully saturated rings. The predicted octanol–water partition coefficient (Wildman–Crippen LogP) is 2.96. The van der Waals surface area contributed by atoms with Crippen LogP contribution in [0.15, 0.2) is 21.8 Å². The van der Waals surface area contributed by atoms with Crippen LogP contribution in [0.1, 0.15) is 44.2 Å². The zero-order chi connectivity index (χ0) is 16.6. The van der Waals surface area contributed by atoms with Crippen LogP contribution in [0, 0.1) is 5.92 Å². The fourth-order valence-electron chi connectivity index (χ4n) is 3.89. The van der Waals surface area contributed by atoms with Gasteiger partial charge in [-0.15, -0.1) is 24.0 Å². The summed E-state index contributed by atoms with van der Waals surface area (Å²) in [4.78, 5) is 9.26. The Kier molecular flexibility index (Phi) is 9.02. The Morgan fingerprint density at radius 3 is 2.68 bits per heavy atom. The number of nitrogens with zero attached hydrogens (tertiary/aromatic N) is 4. The first-order chi connectivity index (χ1) is 11.8. The van der Waals surface area contributed by atoms with Crippen LogP contribution in [0.2, 0.25) is 0 Å². The van der Waals surface area contributed by atoms with E-state index in [1.54, 1.807) is 6.26 Å². The molecule has 0 amide bonds. The zero-order valence-electron chi connectivity index (χ0n) is 15.3. The molecule has 1 aliphatic heterocycles. The number of nitrogens with one attached hydrogen (secondary N) is 1. The topological polar surface area (TPSA) is 56.9 Å². The maximum absolute atomic E-state index is 4.91. The van der Waals surface area contributed by atoms with Crippen LogP contribution in [0.25, 0.3) is 0 Å². The van der Waals surface area contributed by atoms with E-state index in [-0.39, 0.29) is 24.0 Å². The second-order valence-corrected chi connectivity index (χ2v) is 7.02. The largest absolute Gasteiger partial charge is 0.364 e. The monoisotopic (exact) mass is 461 g/mol. The van der Waals surface area contributed by atoms with Gasteiger partial charge in [-0.2, -0.15) is 0 Å². The summed E-state index contributed by atoms with van der Waals surface area (Å²) >= 11 is 0. The highest BCUT2D eigenvalue weighted by atomic mass is 127. The Bertz CT molecular complexity index is 494. The van der Waals surface area contributed by atoms with Gasteiger partial charge in [0.05, 0.1) is 5.69 Å². The normalized spacial score (nSPS) is 19.9. The molecule has 3 rings (SSSR count). The van der Waals surface area contributed by atoms with Crippen LogP contribution < -0.4 is 5.32 Å². The van der Waals surface area contributed by atoms with Gasteiger partial charge in [0, 0.05) is 52.4 Å². The lowest BCUT2D eigenvalue weighted by Gasteiger charge is -2.36.